The first-order valence-electron chi connectivity index (χ1n) is 26.8. The number of likely N-dealkylation sites (tertiary alicyclic amines) is 1. The Kier molecular flexibility index (Phi) is 33.3. The lowest BCUT2D eigenvalue weighted by atomic mass is 10.1. The SMILES string of the molecule is CCC[C@H](NC(=O)C[C@@H](O)CN)C(=O)NCC(=O)N=C(CCCN)C(=O)N1CCC[C@H]1C(=O)N[C@@H](Cc1cnc[nH]1)C(=O)N[C@@H](CCCCN)C(=O)N/C(=C\CCN=C(N)N)C(=O)N[C@@H](CCCCN)C(=O)NCCCCN. The first kappa shape index (κ1) is 67.2. The van der Waals surface area contributed by atoms with E-state index in [2.05, 4.69) is 57.2 Å². The molecule has 9 amide bonds. The molecule has 1 aromatic rings. The van der Waals surface area contributed by atoms with Gasteiger partial charge in [0.05, 0.1) is 25.4 Å². The number of nitrogens with one attached hydrogen (secondary N) is 8. The average molecular weight is 1100 g/mol. The molecule has 1 fully saturated rings. The van der Waals surface area contributed by atoms with E-state index in [0.29, 0.717) is 76.7 Å². The first-order chi connectivity index (χ1) is 37.4. The van der Waals surface area contributed by atoms with Gasteiger partial charge in [-0.15, -0.1) is 0 Å². The van der Waals surface area contributed by atoms with Crippen LogP contribution in [0.4, 0.5) is 0 Å². The number of aliphatic imine (C=N–C) groups is 2. The van der Waals surface area contributed by atoms with Crippen molar-refractivity contribution in [3.05, 3.63) is 30.0 Å². The van der Waals surface area contributed by atoms with E-state index in [1.54, 1.807) is 6.92 Å². The molecule has 0 radical (unpaired) electrons. The molecule has 29 heteroatoms. The third-order valence-corrected chi connectivity index (χ3v) is 12.2. The predicted octanol–water partition coefficient (Wildman–Crippen LogP) is -5.01. The molecule has 23 N–H and O–H groups in total. The van der Waals surface area contributed by atoms with Gasteiger partial charge in [0, 0.05) is 44.5 Å². The maximum atomic E-state index is 14.4. The second kappa shape index (κ2) is 38.6. The number of aromatic amines is 1. The lowest BCUT2D eigenvalue weighted by Crippen LogP contribution is -2.57. The number of carbonyl (C=O) groups is 9. The highest BCUT2D eigenvalue weighted by Crippen LogP contribution is 2.20. The molecule has 78 heavy (non-hydrogen) atoms. The van der Waals surface area contributed by atoms with Gasteiger partial charge in [0.25, 0.3) is 17.7 Å². The van der Waals surface area contributed by atoms with Crippen molar-refractivity contribution in [3.8, 4) is 0 Å². The van der Waals surface area contributed by atoms with Gasteiger partial charge in [-0.25, -0.2) is 9.98 Å². The Morgan fingerprint density at radius 2 is 1.42 bits per heavy atom. The van der Waals surface area contributed by atoms with Crippen LogP contribution in [0.2, 0.25) is 0 Å². The van der Waals surface area contributed by atoms with Crippen LogP contribution < -0.4 is 77.4 Å². The third kappa shape index (κ3) is 25.9. The molecule has 0 saturated carbocycles. The third-order valence-electron chi connectivity index (χ3n) is 12.2. The molecular formula is C49H87N19O10. The summed E-state index contributed by atoms with van der Waals surface area (Å²) in [6, 6.07) is -5.82. The summed E-state index contributed by atoms with van der Waals surface area (Å²) in [5.74, 6) is -6.70. The van der Waals surface area contributed by atoms with Gasteiger partial charge in [-0.2, -0.15) is 0 Å². The minimum atomic E-state index is -1.36. The van der Waals surface area contributed by atoms with Gasteiger partial charge in [-0.3, -0.25) is 48.1 Å². The predicted molar refractivity (Wildman–Crippen MR) is 292 cm³/mol. The Balaban J connectivity index is 2.41. The molecule has 0 spiro atoms. The van der Waals surface area contributed by atoms with Crippen LogP contribution in [0, 0.1) is 0 Å². The fourth-order valence-corrected chi connectivity index (χ4v) is 8.06. The molecule has 2 heterocycles. The van der Waals surface area contributed by atoms with Crippen molar-refractivity contribution < 1.29 is 48.3 Å². The van der Waals surface area contributed by atoms with Gasteiger partial charge in [0.2, 0.25) is 35.4 Å². The molecular weight excluding hydrogens is 1010 g/mol. The number of aliphatic hydroxyl groups excluding tert-OH is 1. The topological polar surface area (TPSA) is 497 Å². The summed E-state index contributed by atoms with van der Waals surface area (Å²) in [5.41, 5.74) is 39.3. The highest BCUT2D eigenvalue weighted by Gasteiger charge is 2.38. The highest BCUT2D eigenvalue weighted by atomic mass is 16.3. The molecule has 1 saturated heterocycles. The van der Waals surface area contributed by atoms with Crippen molar-refractivity contribution in [2.24, 2.45) is 50.1 Å². The van der Waals surface area contributed by atoms with Crippen molar-refractivity contribution in [2.75, 3.05) is 58.9 Å². The smallest absolute Gasteiger partial charge is 0.269 e. The Bertz CT molecular complexity index is 2150. The van der Waals surface area contributed by atoms with E-state index in [1.807, 2.05) is 0 Å². The lowest BCUT2D eigenvalue weighted by molar-refractivity contribution is -0.136. The van der Waals surface area contributed by atoms with Crippen LogP contribution in [0.25, 0.3) is 0 Å². The van der Waals surface area contributed by atoms with Gasteiger partial charge in [0.15, 0.2) is 5.96 Å². The number of rotatable bonds is 39. The van der Waals surface area contributed by atoms with Crippen molar-refractivity contribution in [1.82, 2.24) is 52.1 Å². The molecule has 1 aromatic heterocycles. The summed E-state index contributed by atoms with van der Waals surface area (Å²) in [6.45, 7) is 2.66. The molecule has 2 rings (SSSR count). The molecule has 1 aliphatic heterocycles. The van der Waals surface area contributed by atoms with Gasteiger partial charge in [0.1, 0.15) is 41.6 Å². The summed E-state index contributed by atoms with van der Waals surface area (Å²) < 4.78 is 0. The molecule has 6 atom stereocenters. The number of nitrogens with zero attached hydrogens (tertiary/aromatic N) is 4. The van der Waals surface area contributed by atoms with Crippen LogP contribution >= 0.6 is 0 Å². The number of carbonyl (C=O) groups excluding carboxylic acids is 9. The minimum Gasteiger partial charge on any atom is -0.391 e. The number of H-pyrrole nitrogens is 1. The number of nitrogens with two attached hydrogens (primary N) is 7. The quantitative estimate of drug-likeness (QED) is 0.0127. The van der Waals surface area contributed by atoms with Crippen LogP contribution in [-0.4, -0.2) is 180 Å². The van der Waals surface area contributed by atoms with Gasteiger partial charge < -0.3 is 92.3 Å². The van der Waals surface area contributed by atoms with Crippen LogP contribution in [0.3, 0.4) is 0 Å². The molecule has 0 bridgehead atoms. The number of aliphatic hydroxyl groups is 1. The van der Waals surface area contributed by atoms with Crippen molar-refractivity contribution in [3.63, 3.8) is 0 Å². The summed E-state index contributed by atoms with van der Waals surface area (Å²) in [6.07, 6.45) is 7.67. The molecule has 0 aromatic carbocycles. The summed E-state index contributed by atoms with van der Waals surface area (Å²) in [4.78, 5) is 139. The first-order valence-corrected chi connectivity index (χ1v) is 26.8. The Morgan fingerprint density at radius 3 is 2.04 bits per heavy atom. The number of amides is 9. The number of hydrogen-bond donors (Lipinski definition) is 16. The molecule has 438 valence electrons. The Morgan fingerprint density at radius 1 is 0.782 bits per heavy atom. The number of aromatic nitrogens is 2. The fourth-order valence-electron chi connectivity index (χ4n) is 8.06. The van der Waals surface area contributed by atoms with Crippen LogP contribution in [0.5, 0.6) is 0 Å². The van der Waals surface area contributed by atoms with E-state index >= 15 is 0 Å². The van der Waals surface area contributed by atoms with E-state index in [1.165, 1.54) is 23.5 Å². The normalized spacial score (nSPS) is 15.4. The van der Waals surface area contributed by atoms with Gasteiger partial charge >= 0.3 is 0 Å². The minimum absolute atomic E-state index is 0.0407. The van der Waals surface area contributed by atoms with Gasteiger partial charge in [-0.1, -0.05) is 19.4 Å². The summed E-state index contributed by atoms with van der Waals surface area (Å²) in [5, 5.41) is 28.4. The number of unbranched alkanes of at least 4 members (excludes halogenated alkanes) is 3. The largest absolute Gasteiger partial charge is 0.391 e. The van der Waals surface area contributed by atoms with E-state index in [-0.39, 0.29) is 108 Å². The number of guanidine groups is 1. The Labute approximate surface area is 455 Å². The number of imidazole rings is 1. The number of hydrogen-bond acceptors (Lipinski definition) is 17. The second-order valence-electron chi connectivity index (χ2n) is 18.7. The van der Waals surface area contributed by atoms with E-state index < -0.39 is 96.0 Å². The average Bonchev–Trinajstić information content (AvgIpc) is 4.16. The maximum absolute atomic E-state index is 14.4. The van der Waals surface area contributed by atoms with Crippen LogP contribution in [-0.2, 0) is 49.6 Å². The molecule has 0 unspecified atom stereocenters. The maximum Gasteiger partial charge on any atom is 0.269 e. The fraction of sp³-hybridized carbons (Fsp3) is 0.673. The van der Waals surface area contributed by atoms with Crippen LogP contribution in [0.1, 0.15) is 115 Å². The molecule has 1 aliphatic rings. The van der Waals surface area contributed by atoms with Gasteiger partial charge in [-0.05, 0) is 116 Å². The zero-order valence-electron chi connectivity index (χ0n) is 45.0. The van der Waals surface area contributed by atoms with E-state index in [4.69, 9.17) is 40.1 Å². The molecule has 29 nitrogen and oxygen atoms in total. The zero-order valence-corrected chi connectivity index (χ0v) is 45.0. The molecule has 0 aliphatic carbocycles. The lowest BCUT2D eigenvalue weighted by Gasteiger charge is -2.28. The monoisotopic (exact) mass is 1100 g/mol. The van der Waals surface area contributed by atoms with E-state index in [9.17, 15) is 48.3 Å². The van der Waals surface area contributed by atoms with Crippen molar-refractivity contribution in [1.29, 1.82) is 0 Å². The van der Waals surface area contributed by atoms with Crippen LogP contribution in [0.15, 0.2) is 34.3 Å². The van der Waals surface area contributed by atoms with Crippen molar-refractivity contribution in [2.45, 2.75) is 152 Å². The van der Waals surface area contributed by atoms with E-state index in [0.717, 1.165) is 0 Å². The standard InChI is InChI=1S/C49H87N19O10/c1-2-12-33(62-40(70)26-32(69)27-54)43(73)60-29-41(71)63-37(15-9-21-53)48(78)68-24-11-17-39(68)47(77)67-38(25-31-28-57-30-61-31)46(76)66-35(14-4-6-19-51)44(74)65-36(16-10-23-59-49(55)56)45(75)64-34(13-3-5-18-50)42(72)58-22-8-7-20-52/h16,28,30,32-35,38-39,69H,2-15,17-27,29,50-54H2,1H3,(H,57,61)(H,58,72)(H,60,73)(H,62,70)(H,64,75)(H,65,74)(H,66,76)(H,67,77)(H4,55,56,59)/b36-16-,63-37?/t32-,33+,34+,35+,38+,39+/m1/s1. The second-order valence-corrected chi connectivity index (χ2v) is 18.7. The van der Waals surface area contributed by atoms with Crippen molar-refractivity contribution >= 4 is 64.8 Å². The highest BCUT2D eigenvalue weighted by molar-refractivity contribution is 6.40. The summed E-state index contributed by atoms with van der Waals surface area (Å²) >= 11 is 0. The Hall–Kier alpha value is -6.92. The summed E-state index contributed by atoms with van der Waals surface area (Å²) in [7, 11) is 0. The zero-order chi connectivity index (χ0) is 57.8.